The van der Waals surface area contributed by atoms with Crippen LogP contribution in [-0.4, -0.2) is 34.3 Å². The van der Waals surface area contributed by atoms with Crippen molar-refractivity contribution in [3.05, 3.63) is 66.4 Å². The van der Waals surface area contributed by atoms with Gasteiger partial charge in [0.1, 0.15) is 11.7 Å². The van der Waals surface area contributed by atoms with Crippen LogP contribution in [0.1, 0.15) is 23.3 Å². The summed E-state index contributed by atoms with van der Waals surface area (Å²) in [6.45, 7) is 0.598. The van der Waals surface area contributed by atoms with E-state index in [2.05, 4.69) is 10.3 Å². The number of aromatic amines is 1. The number of hydrogen-bond donors (Lipinski definition) is 2. The smallest absolute Gasteiger partial charge is 0.270 e. The zero-order valence-corrected chi connectivity index (χ0v) is 13.7. The number of hydrogen-bond acceptors (Lipinski definition) is 2. The molecule has 1 fully saturated rings. The highest BCUT2D eigenvalue weighted by molar-refractivity contribution is 6.02. The lowest BCUT2D eigenvalue weighted by atomic mass is 10.2. The van der Waals surface area contributed by atoms with E-state index in [1.807, 2.05) is 60.7 Å². The number of likely N-dealkylation sites (tertiary alicyclic amines) is 1. The number of benzene rings is 2. The Kier molecular flexibility index (Phi) is 3.98. The van der Waals surface area contributed by atoms with E-state index in [1.54, 1.807) is 4.90 Å². The predicted molar refractivity (Wildman–Crippen MR) is 97.4 cm³/mol. The van der Waals surface area contributed by atoms with Crippen LogP contribution in [0.15, 0.2) is 60.7 Å². The molecule has 3 aromatic rings. The fraction of sp³-hybridized carbons (Fsp3) is 0.200. The first-order valence-electron chi connectivity index (χ1n) is 8.47. The van der Waals surface area contributed by atoms with Crippen molar-refractivity contribution in [1.29, 1.82) is 0 Å². The number of fused-ring (bicyclic) bond motifs is 1. The number of nitrogens with zero attached hydrogens (tertiary/aromatic N) is 1. The fourth-order valence-corrected chi connectivity index (χ4v) is 3.37. The van der Waals surface area contributed by atoms with Crippen molar-refractivity contribution < 1.29 is 9.59 Å². The average molecular weight is 333 g/mol. The monoisotopic (exact) mass is 333 g/mol. The Balaban J connectivity index is 1.54. The number of H-pyrrole nitrogens is 1. The SMILES string of the molecule is O=C(Nc1ccccc1)[C@H]1CCCN1C(=O)c1cc2ccccc2[nH]1. The molecule has 25 heavy (non-hydrogen) atoms. The van der Waals surface area contributed by atoms with Gasteiger partial charge in [0.15, 0.2) is 0 Å². The lowest BCUT2D eigenvalue weighted by Gasteiger charge is -2.23. The third-order valence-corrected chi connectivity index (χ3v) is 4.62. The molecule has 2 amide bonds. The van der Waals surface area contributed by atoms with Crippen molar-refractivity contribution in [2.45, 2.75) is 18.9 Å². The second kappa shape index (κ2) is 6.43. The van der Waals surface area contributed by atoms with Gasteiger partial charge in [0.2, 0.25) is 5.91 Å². The molecule has 126 valence electrons. The maximum absolute atomic E-state index is 12.9. The Morgan fingerprint density at radius 2 is 1.80 bits per heavy atom. The van der Waals surface area contributed by atoms with E-state index in [4.69, 9.17) is 0 Å². The first-order valence-corrected chi connectivity index (χ1v) is 8.47. The molecule has 4 rings (SSSR count). The molecule has 1 aliphatic heterocycles. The van der Waals surface area contributed by atoms with E-state index in [-0.39, 0.29) is 11.8 Å². The first kappa shape index (κ1) is 15.4. The van der Waals surface area contributed by atoms with Crippen molar-refractivity contribution in [2.24, 2.45) is 0 Å². The van der Waals surface area contributed by atoms with E-state index >= 15 is 0 Å². The third kappa shape index (κ3) is 3.01. The van der Waals surface area contributed by atoms with Gasteiger partial charge in [-0.2, -0.15) is 0 Å². The molecule has 0 spiro atoms. The van der Waals surface area contributed by atoms with Crippen LogP contribution in [0, 0.1) is 0 Å². The number of rotatable bonds is 3. The van der Waals surface area contributed by atoms with Crippen LogP contribution in [0.3, 0.4) is 0 Å². The van der Waals surface area contributed by atoms with Gasteiger partial charge in [-0.05, 0) is 37.1 Å². The standard InChI is InChI=1S/C20H19N3O2/c24-19(21-15-8-2-1-3-9-15)18-11-6-12-23(18)20(25)17-13-14-7-4-5-10-16(14)22-17/h1-5,7-10,13,18,22H,6,11-12H2,(H,21,24)/t18-/m1/s1. The Labute approximate surface area is 145 Å². The largest absolute Gasteiger partial charge is 0.351 e. The van der Waals surface area contributed by atoms with Gasteiger partial charge in [-0.1, -0.05) is 36.4 Å². The molecule has 0 saturated carbocycles. The van der Waals surface area contributed by atoms with Crippen molar-refractivity contribution >= 4 is 28.4 Å². The minimum absolute atomic E-state index is 0.123. The number of carbonyl (C=O) groups is 2. The lowest BCUT2D eigenvalue weighted by Crippen LogP contribution is -2.43. The Hall–Kier alpha value is -3.08. The molecule has 5 nitrogen and oxygen atoms in total. The van der Waals surface area contributed by atoms with Crippen LogP contribution in [0.2, 0.25) is 0 Å². The van der Waals surface area contributed by atoms with Gasteiger partial charge >= 0.3 is 0 Å². The van der Waals surface area contributed by atoms with Crippen molar-refractivity contribution in [1.82, 2.24) is 9.88 Å². The summed E-state index contributed by atoms with van der Waals surface area (Å²) >= 11 is 0. The summed E-state index contributed by atoms with van der Waals surface area (Å²) in [5.74, 6) is -0.255. The summed E-state index contributed by atoms with van der Waals surface area (Å²) in [4.78, 5) is 30.3. The van der Waals surface area contributed by atoms with Crippen LogP contribution >= 0.6 is 0 Å². The molecular weight excluding hydrogens is 314 g/mol. The van der Waals surface area contributed by atoms with Crippen molar-refractivity contribution in [3.8, 4) is 0 Å². The van der Waals surface area contributed by atoms with Crippen LogP contribution in [0.4, 0.5) is 5.69 Å². The average Bonchev–Trinajstić information content (AvgIpc) is 3.29. The molecule has 2 heterocycles. The van der Waals surface area contributed by atoms with Crippen LogP contribution in [0.5, 0.6) is 0 Å². The van der Waals surface area contributed by atoms with Crippen LogP contribution in [0.25, 0.3) is 10.9 Å². The van der Waals surface area contributed by atoms with Gasteiger partial charge in [-0.25, -0.2) is 0 Å². The minimum atomic E-state index is -0.431. The van der Waals surface area contributed by atoms with E-state index in [0.717, 1.165) is 23.0 Å². The predicted octanol–water partition coefficient (Wildman–Crippen LogP) is 3.41. The maximum Gasteiger partial charge on any atom is 0.270 e. The number of anilines is 1. The second-order valence-electron chi connectivity index (χ2n) is 6.28. The normalized spacial score (nSPS) is 17.0. The molecule has 2 N–H and O–H groups in total. The minimum Gasteiger partial charge on any atom is -0.351 e. The van der Waals surface area contributed by atoms with E-state index in [0.29, 0.717) is 18.7 Å². The fourth-order valence-electron chi connectivity index (χ4n) is 3.37. The summed E-state index contributed by atoms with van der Waals surface area (Å²) in [6.07, 6.45) is 1.52. The number of amides is 2. The summed E-state index contributed by atoms with van der Waals surface area (Å²) in [7, 11) is 0. The summed E-state index contributed by atoms with van der Waals surface area (Å²) in [6, 6.07) is 18.5. The van der Waals surface area contributed by atoms with Gasteiger partial charge < -0.3 is 15.2 Å². The van der Waals surface area contributed by atoms with Crippen molar-refractivity contribution in [2.75, 3.05) is 11.9 Å². The van der Waals surface area contributed by atoms with E-state index < -0.39 is 6.04 Å². The number of nitrogens with one attached hydrogen (secondary N) is 2. The molecule has 1 aliphatic rings. The summed E-state index contributed by atoms with van der Waals surface area (Å²) in [5.41, 5.74) is 2.20. The molecule has 1 aromatic heterocycles. The van der Waals surface area contributed by atoms with Gasteiger partial charge in [0.05, 0.1) is 0 Å². The Bertz CT molecular complexity index is 884. The summed E-state index contributed by atoms with van der Waals surface area (Å²) in [5, 5.41) is 3.90. The molecule has 5 heteroatoms. The summed E-state index contributed by atoms with van der Waals surface area (Å²) < 4.78 is 0. The first-order chi connectivity index (χ1) is 12.2. The highest BCUT2D eigenvalue weighted by atomic mass is 16.2. The number of aromatic nitrogens is 1. The maximum atomic E-state index is 12.9. The van der Waals surface area contributed by atoms with Crippen LogP contribution < -0.4 is 5.32 Å². The lowest BCUT2D eigenvalue weighted by molar-refractivity contribution is -0.119. The zero-order chi connectivity index (χ0) is 17.2. The van der Waals surface area contributed by atoms with Crippen molar-refractivity contribution in [3.63, 3.8) is 0 Å². The van der Waals surface area contributed by atoms with Gasteiger partial charge in [0.25, 0.3) is 5.91 Å². The molecule has 0 aliphatic carbocycles. The molecule has 0 unspecified atom stereocenters. The molecule has 2 aromatic carbocycles. The Morgan fingerprint density at radius 3 is 2.60 bits per heavy atom. The quantitative estimate of drug-likeness (QED) is 0.771. The molecule has 0 radical (unpaired) electrons. The van der Waals surface area contributed by atoms with E-state index in [1.165, 1.54) is 0 Å². The Morgan fingerprint density at radius 1 is 1.04 bits per heavy atom. The second-order valence-corrected chi connectivity index (χ2v) is 6.28. The topological polar surface area (TPSA) is 65.2 Å². The number of para-hydroxylation sites is 2. The van der Waals surface area contributed by atoms with Gasteiger partial charge in [-0.15, -0.1) is 0 Å². The van der Waals surface area contributed by atoms with Gasteiger partial charge in [0, 0.05) is 23.1 Å². The van der Waals surface area contributed by atoms with Gasteiger partial charge in [-0.3, -0.25) is 9.59 Å². The molecular formula is C20H19N3O2. The molecule has 0 bridgehead atoms. The molecule has 1 saturated heterocycles. The highest BCUT2D eigenvalue weighted by Crippen LogP contribution is 2.23. The highest BCUT2D eigenvalue weighted by Gasteiger charge is 2.35. The zero-order valence-electron chi connectivity index (χ0n) is 13.7. The molecule has 1 atom stereocenters. The third-order valence-electron chi connectivity index (χ3n) is 4.62. The van der Waals surface area contributed by atoms with E-state index in [9.17, 15) is 9.59 Å². The number of carbonyl (C=O) groups excluding carboxylic acids is 2. The van der Waals surface area contributed by atoms with Crippen LogP contribution in [-0.2, 0) is 4.79 Å².